The summed E-state index contributed by atoms with van der Waals surface area (Å²) in [6.45, 7) is -6.29. The number of hydrogen-bond donors (Lipinski definition) is 2. The maximum Gasteiger partial charge on any atom is 0.324 e. The summed E-state index contributed by atoms with van der Waals surface area (Å²) < 4.78 is 64.3. The molecule has 0 aromatic heterocycles. The average molecular weight is 724 g/mol. The van der Waals surface area contributed by atoms with E-state index < -0.39 is 74.1 Å². The first-order chi connectivity index (χ1) is 21.7. The average Bonchev–Trinajstić information content (AvgIpc) is 3.72. The van der Waals surface area contributed by atoms with E-state index in [-0.39, 0.29) is 25.4 Å². The molecule has 2 N–H and O–H groups in total. The molecule has 4 saturated heterocycles. The van der Waals surface area contributed by atoms with Crippen molar-refractivity contribution >= 4 is 68.4 Å². The molecule has 0 saturated carbocycles. The van der Waals surface area contributed by atoms with Crippen LogP contribution in [0.4, 0.5) is 0 Å². The highest BCUT2D eigenvalue weighted by Gasteiger charge is 2.40. The lowest BCUT2D eigenvalue weighted by Gasteiger charge is -2.25. The topological polar surface area (TPSA) is 151 Å². The quantitative estimate of drug-likeness (QED) is 0.158. The van der Waals surface area contributed by atoms with Crippen molar-refractivity contribution in [3.63, 3.8) is 0 Å². The minimum Gasteiger partial charge on any atom is -0.382 e. The first-order valence-electron chi connectivity index (χ1n) is 14.7. The summed E-state index contributed by atoms with van der Waals surface area (Å²) in [7, 11) is 29.1. The van der Waals surface area contributed by atoms with Gasteiger partial charge in [-0.05, 0) is 49.3 Å². The second-order valence-corrected chi connectivity index (χ2v) is 16.7. The summed E-state index contributed by atoms with van der Waals surface area (Å²) in [6, 6.07) is -1.80. The van der Waals surface area contributed by atoms with E-state index in [1.807, 2.05) is 0 Å². The predicted octanol–water partition coefficient (Wildman–Crippen LogP) is -0.333. The molecule has 256 valence electrons. The Labute approximate surface area is 286 Å². The number of rotatable bonds is 16. The van der Waals surface area contributed by atoms with Crippen LogP contribution >= 0.6 is 13.4 Å². The summed E-state index contributed by atoms with van der Waals surface area (Å²) >= 11 is 10.1. The van der Waals surface area contributed by atoms with E-state index in [9.17, 15) is 9.79 Å². The molecule has 4 heterocycles. The molecule has 0 aromatic carbocycles. The largest absolute Gasteiger partial charge is 0.382 e. The van der Waals surface area contributed by atoms with E-state index in [1.165, 1.54) is 0 Å². The Morgan fingerprint density at radius 3 is 1.11 bits per heavy atom. The van der Waals surface area contributed by atoms with Gasteiger partial charge >= 0.3 is 13.4 Å². The summed E-state index contributed by atoms with van der Waals surface area (Å²) in [5.74, 6) is 0. The maximum atomic E-state index is 10.2. The van der Waals surface area contributed by atoms with Gasteiger partial charge < -0.3 is 65.8 Å². The van der Waals surface area contributed by atoms with Crippen LogP contribution in [0, 0.1) is 0 Å². The third kappa shape index (κ3) is 13.3. The summed E-state index contributed by atoms with van der Waals surface area (Å²) in [5, 5.41) is 0. The van der Waals surface area contributed by atoms with Crippen LogP contribution in [0.1, 0.15) is 25.7 Å². The van der Waals surface area contributed by atoms with Crippen LogP contribution in [0.2, 0.25) is 0 Å². The minimum absolute atomic E-state index is 0.0363. The molecule has 0 spiro atoms. The molecule has 4 aliphatic heterocycles. The molecule has 0 aliphatic carbocycles. The van der Waals surface area contributed by atoms with Gasteiger partial charge in [0.05, 0.1) is 50.8 Å². The van der Waals surface area contributed by atoms with Crippen molar-refractivity contribution in [2.75, 3.05) is 54.9 Å². The summed E-state index contributed by atoms with van der Waals surface area (Å²) in [4.78, 5) is 20.5. The predicted molar refractivity (Wildman–Crippen MR) is 176 cm³/mol. The minimum atomic E-state index is -3.47. The maximum absolute atomic E-state index is 10.2. The van der Waals surface area contributed by atoms with E-state index in [0.29, 0.717) is 38.9 Å². The second-order valence-electron chi connectivity index (χ2n) is 11.1. The molecule has 4 aliphatic rings. The van der Waals surface area contributed by atoms with Crippen LogP contribution in [-0.2, 0) is 79.6 Å². The number of methoxy groups -OCH3 is 4. The molecule has 14 atom stereocenters. The smallest absolute Gasteiger partial charge is 0.324 e. The molecule has 22 heteroatoms. The molecule has 0 bridgehead atoms. The van der Waals surface area contributed by atoms with Gasteiger partial charge in [0.2, 0.25) is 0 Å². The zero-order valence-electron chi connectivity index (χ0n) is 26.4. The van der Waals surface area contributed by atoms with Gasteiger partial charge in [0.15, 0.2) is 0 Å². The Hall–Kier alpha value is 1.000. The molecule has 4 fully saturated rings. The Bertz CT molecular complexity index is 940. The van der Waals surface area contributed by atoms with Gasteiger partial charge in [-0.15, -0.1) is 0 Å². The monoisotopic (exact) mass is 724 g/mol. The first-order valence-corrected chi connectivity index (χ1v) is 19.9. The highest BCUT2D eigenvalue weighted by molar-refractivity contribution is 8.07. The first kappa shape index (κ1) is 41.4. The van der Waals surface area contributed by atoms with Gasteiger partial charge in [-0.25, -0.2) is 0 Å². The van der Waals surface area contributed by atoms with E-state index in [2.05, 4.69) is 0 Å². The van der Waals surface area contributed by atoms with E-state index in [0.717, 1.165) is 0 Å². The Morgan fingerprint density at radius 1 is 0.543 bits per heavy atom. The lowest BCUT2D eigenvalue weighted by atomic mass is 9.96. The van der Waals surface area contributed by atoms with Crippen molar-refractivity contribution in [3.05, 3.63) is 0 Å². The Morgan fingerprint density at radius 2 is 0.826 bits per heavy atom. The summed E-state index contributed by atoms with van der Waals surface area (Å²) in [6.07, 6.45) is -1.03. The Kier molecular flexibility index (Phi) is 17.6. The van der Waals surface area contributed by atoms with Crippen molar-refractivity contribution in [2.24, 2.45) is 0 Å². The highest BCUT2D eigenvalue weighted by atomic mass is 32.5. The normalized spacial score (nSPS) is 40.3. The van der Waals surface area contributed by atoms with Crippen molar-refractivity contribution < 1.29 is 65.8 Å². The number of ether oxygens (including phenoxy) is 8. The zero-order valence-corrected chi connectivity index (χ0v) is 29.8. The Balaban J connectivity index is 0.000000250. The molecule has 0 aromatic rings. The van der Waals surface area contributed by atoms with Crippen LogP contribution < -0.4 is 0 Å². The van der Waals surface area contributed by atoms with Gasteiger partial charge in [0.1, 0.15) is 55.8 Å². The van der Waals surface area contributed by atoms with Gasteiger partial charge in [-0.1, -0.05) is 0 Å². The van der Waals surface area contributed by atoms with Gasteiger partial charge in [0, 0.05) is 52.5 Å². The fourth-order valence-corrected chi connectivity index (χ4v) is 8.31. The molecule has 14 nitrogen and oxygen atoms in total. The molecule has 0 amide bonds. The number of hydrogen-bond acceptors (Lipinski definition) is 14. The fourth-order valence-electron chi connectivity index (χ4n) is 5.36. The summed E-state index contributed by atoms with van der Waals surface area (Å²) in [5.41, 5.74) is 0. The molecular weight excluding hydrogens is 682 g/mol. The van der Waals surface area contributed by atoms with Crippen LogP contribution in [0.15, 0.2) is 0 Å². The highest BCUT2D eigenvalue weighted by Crippen LogP contribution is 2.49. The molecule has 4 rings (SSSR count). The lowest BCUT2D eigenvalue weighted by molar-refractivity contribution is -0.0301. The molecule has 2 unspecified atom stereocenters. The van der Waals surface area contributed by atoms with Crippen LogP contribution in [0.5, 0.6) is 0 Å². The van der Waals surface area contributed by atoms with E-state index >= 15 is 0 Å². The molecule has 46 heavy (non-hydrogen) atoms. The third-order valence-electron chi connectivity index (χ3n) is 7.52. The SMILES string of the molecule is [B][C@H]1C[C@@H](OC)[C@@H](COP(O)(=S)O[C@@H]2C[C@H]([B])O[C@@H]2COC)O1.[B][C@H]1C[C@@H](OC)[C@@H](COP(O)(=S)O[C@@H]2C[C@H]([B])O[C@@H]2COC)O1. The standard InChI is InChI=1S/2C12H21B2O7PS/c2*1-16-5-9-8(4-12(14)19-9)21-22(15,23)18-6-10-7(17-2)3-11(13)20-10/h2*7-12H,3-6H2,1-2H3,(H,15,23)/t2*7-,8-,9-,10-,11-,12-,22?/m11/s1. The lowest BCUT2D eigenvalue weighted by Crippen LogP contribution is -2.30. The van der Waals surface area contributed by atoms with Crippen molar-refractivity contribution in [2.45, 2.75) is 98.5 Å². The van der Waals surface area contributed by atoms with Gasteiger partial charge in [-0.2, -0.15) is 0 Å². The third-order valence-corrected chi connectivity index (χ3v) is 10.7. The molecular formula is C24H42B4O14P2S2. The van der Waals surface area contributed by atoms with E-state index in [1.54, 1.807) is 28.4 Å². The van der Waals surface area contributed by atoms with Gasteiger partial charge in [0.25, 0.3) is 0 Å². The molecule has 8 radical (unpaired) electrons. The fraction of sp³-hybridized carbons (Fsp3) is 1.00. The van der Waals surface area contributed by atoms with Crippen LogP contribution in [0.25, 0.3) is 0 Å². The zero-order chi connectivity index (χ0) is 34.1. The van der Waals surface area contributed by atoms with Crippen molar-refractivity contribution in [3.8, 4) is 0 Å². The second kappa shape index (κ2) is 19.6. The van der Waals surface area contributed by atoms with Crippen molar-refractivity contribution in [1.82, 2.24) is 0 Å². The van der Waals surface area contributed by atoms with Crippen LogP contribution in [-0.4, -0.2) is 169 Å². The van der Waals surface area contributed by atoms with Crippen molar-refractivity contribution in [1.29, 1.82) is 0 Å². The van der Waals surface area contributed by atoms with Gasteiger partial charge in [-0.3, -0.25) is 0 Å². The van der Waals surface area contributed by atoms with Crippen LogP contribution in [0.3, 0.4) is 0 Å². The van der Waals surface area contributed by atoms with E-state index in [4.69, 9.17) is 111 Å².